The Kier molecular flexibility index (Phi) is 7.14. The van der Waals surface area contributed by atoms with Crippen molar-refractivity contribution in [3.05, 3.63) is 70.4 Å². The van der Waals surface area contributed by atoms with Crippen molar-refractivity contribution in [1.29, 1.82) is 5.41 Å². The molecule has 1 aromatic heterocycles. The Bertz CT molecular complexity index is 1370. The summed E-state index contributed by atoms with van der Waals surface area (Å²) >= 11 is 2.43. The molecule has 0 amide bonds. The molecule has 0 unspecified atom stereocenters. The zero-order valence-electron chi connectivity index (χ0n) is 17.1. The van der Waals surface area contributed by atoms with E-state index in [1.165, 1.54) is 30.0 Å². The second kappa shape index (κ2) is 9.35. The minimum absolute atomic E-state index is 0.0753. The van der Waals surface area contributed by atoms with Gasteiger partial charge in [0.2, 0.25) is 9.84 Å². The van der Waals surface area contributed by atoms with Gasteiger partial charge in [0.25, 0.3) is 0 Å². The van der Waals surface area contributed by atoms with Gasteiger partial charge in [-0.05, 0) is 59.7 Å². The molecule has 3 rings (SSSR count). The number of rotatable bonds is 7. The number of aryl methyl sites for hydroxylation is 1. The predicted octanol–water partition coefficient (Wildman–Crippen LogP) is 4.71. The Morgan fingerprint density at radius 3 is 2.50 bits per heavy atom. The van der Waals surface area contributed by atoms with E-state index in [9.17, 15) is 22.8 Å². The Morgan fingerprint density at radius 1 is 1.19 bits per heavy atom. The normalized spacial score (nSPS) is 12.4. The van der Waals surface area contributed by atoms with Crippen LogP contribution in [0.1, 0.15) is 16.0 Å². The van der Waals surface area contributed by atoms with Gasteiger partial charge in [-0.3, -0.25) is 9.97 Å². The number of nitrogens with two attached hydrogens (primary N) is 1. The number of hydrogen-bond donors (Lipinski definition) is 4. The van der Waals surface area contributed by atoms with E-state index >= 15 is 0 Å². The summed E-state index contributed by atoms with van der Waals surface area (Å²) in [4.78, 5) is 19.0. The molecule has 5 N–H and O–H groups in total. The maximum Gasteiger partial charge on any atom is 0.349 e. The van der Waals surface area contributed by atoms with Crippen molar-refractivity contribution in [3.63, 3.8) is 0 Å². The average molecular weight is 509 g/mol. The fourth-order valence-electron chi connectivity index (χ4n) is 3.17. The maximum absolute atomic E-state index is 13.4. The second-order valence-corrected chi connectivity index (χ2v) is 12.4. The molecular weight excluding hydrogens is 487 g/mol. The topological polar surface area (TPSA) is 142 Å². The minimum atomic E-state index is -4.35. The van der Waals surface area contributed by atoms with Crippen LogP contribution in [0.5, 0.6) is 0 Å². The van der Waals surface area contributed by atoms with Crippen LogP contribution >= 0.6 is 30.7 Å². The summed E-state index contributed by atoms with van der Waals surface area (Å²) in [7, 11) is -8.25. The van der Waals surface area contributed by atoms with Gasteiger partial charge in [0.05, 0.1) is 18.9 Å². The van der Waals surface area contributed by atoms with Crippen molar-refractivity contribution in [2.75, 3.05) is 6.26 Å². The van der Waals surface area contributed by atoms with Gasteiger partial charge in [0.15, 0.2) is 0 Å². The van der Waals surface area contributed by atoms with Crippen molar-refractivity contribution in [3.8, 4) is 11.1 Å². The average Bonchev–Trinajstić information content (AvgIpc) is 3.17. The van der Waals surface area contributed by atoms with E-state index < -0.39 is 17.4 Å². The van der Waals surface area contributed by atoms with Crippen LogP contribution in [0.15, 0.2) is 68.3 Å². The van der Waals surface area contributed by atoms with Gasteiger partial charge in [-0.2, -0.15) is 0 Å². The van der Waals surface area contributed by atoms with Crippen LogP contribution in [0.3, 0.4) is 0 Å². The molecule has 2 aromatic carbocycles. The summed E-state index contributed by atoms with van der Waals surface area (Å²) in [6, 6.07) is 13.2. The van der Waals surface area contributed by atoms with Gasteiger partial charge in [-0.1, -0.05) is 30.3 Å². The number of benzene rings is 2. The molecule has 0 saturated heterocycles. The molecule has 0 bridgehead atoms. The van der Waals surface area contributed by atoms with Gasteiger partial charge in [-0.15, -0.1) is 23.1 Å². The molecule has 7 nitrogen and oxygen atoms in total. The molecular formula is C21H21N2O5PS3. The quantitative estimate of drug-likeness (QED) is 0.157. The molecule has 3 aromatic rings. The lowest BCUT2D eigenvalue weighted by molar-refractivity contribution is 0.386. The molecule has 0 atom stereocenters. The lowest BCUT2D eigenvalue weighted by atomic mass is 9.95. The fraction of sp³-hybridized carbons (Fsp3) is 0.0952. The number of amidine groups is 1. The van der Waals surface area contributed by atoms with E-state index in [0.29, 0.717) is 25.8 Å². The van der Waals surface area contributed by atoms with Crippen molar-refractivity contribution >= 4 is 52.4 Å². The number of nitrogen functional groups attached to an aromatic ring is 1. The Balaban J connectivity index is 2.16. The van der Waals surface area contributed by atoms with Crippen LogP contribution in [-0.4, -0.2) is 30.3 Å². The third-order valence-electron chi connectivity index (χ3n) is 4.59. The molecule has 0 radical (unpaired) electrons. The molecule has 0 aliphatic carbocycles. The van der Waals surface area contributed by atoms with E-state index in [0.717, 1.165) is 22.7 Å². The molecule has 11 heteroatoms. The first-order valence-electron chi connectivity index (χ1n) is 9.16. The van der Waals surface area contributed by atoms with Crippen LogP contribution in [0.2, 0.25) is 0 Å². The van der Waals surface area contributed by atoms with Gasteiger partial charge in [0.1, 0.15) is 5.84 Å². The van der Waals surface area contributed by atoms with E-state index in [4.69, 9.17) is 11.1 Å². The number of nitrogens with one attached hydrogen (secondary N) is 1. The molecule has 0 fully saturated rings. The number of thioether (sulfide) groups is 1. The van der Waals surface area contributed by atoms with E-state index in [1.807, 2.05) is 13.0 Å². The Labute approximate surface area is 194 Å². The lowest BCUT2D eigenvalue weighted by Crippen LogP contribution is -2.08. The predicted molar refractivity (Wildman–Crippen MR) is 130 cm³/mol. The van der Waals surface area contributed by atoms with Gasteiger partial charge in [-0.25, -0.2) is 8.42 Å². The van der Waals surface area contributed by atoms with Crippen LogP contribution in [0, 0.1) is 12.3 Å². The summed E-state index contributed by atoms with van der Waals surface area (Å²) in [5.41, 5.74) is 8.21. The van der Waals surface area contributed by atoms with Gasteiger partial charge < -0.3 is 15.5 Å². The molecule has 0 aliphatic heterocycles. The van der Waals surface area contributed by atoms with Crippen molar-refractivity contribution in [1.82, 2.24) is 0 Å². The van der Waals surface area contributed by atoms with Crippen LogP contribution in [-0.2, 0) is 14.4 Å². The van der Waals surface area contributed by atoms with Gasteiger partial charge in [0, 0.05) is 5.82 Å². The molecule has 0 saturated carbocycles. The smallest absolute Gasteiger partial charge is 0.349 e. The first-order valence-corrected chi connectivity index (χ1v) is 14.4. The standard InChI is InChI=1S/C21H21N2O5PS3/c1-13-5-3-6-14(9-10-29(24,25)26)19(13)15-7-4-8-16(11-15)32(27,28)18-12-17(20(22)23)31-21(18)30-2/h3-12H,1-2H3,(H3,22,23)(H2,24,25,26). The number of hydrogen-bond acceptors (Lipinski definition) is 6. The highest BCUT2D eigenvalue weighted by molar-refractivity contribution is 8.01. The first-order chi connectivity index (χ1) is 14.9. The molecule has 0 aliphatic rings. The van der Waals surface area contributed by atoms with Crippen LogP contribution < -0.4 is 5.73 Å². The summed E-state index contributed by atoms with van der Waals surface area (Å²) in [6.45, 7) is 1.84. The highest BCUT2D eigenvalue weighted by atomic mass is 32.2. The third-order valence-corrected chi connectivity index (χ3v) is 9.47. The summed E-state index contributed by atoms with van der Waals surface area (Å²) < 4.78 is 38.7. The highest BCUT2D eigenvalue weighted by Crippen LogP contribution is 2.40. The van der Waals surface area contributed by atoms with E-state index in [-0.39, 0.29) is 15.6 Å². The number of thiophene rings is 1. The second-order valence-electron chi connectivity index (χ2n) is 6.86. The zero-order valence-corrected chi connectivity index (χ0v) is 20.5. The van der Waals surface area contributed by atoms with Crippen molar-refractivity contribution in [2.45, 2.75) is 20.9 Å². The molecule has 1 heterocycles. The lowest BCUT2D eigenvalue weighted by Gasteiger charge is -2.12. The largest absolute Gasteiger partial charge is 0.383 e. The van der Waals surface area contributed by atoms with Crippen LogP contribution in [0.25, 0.3) is 17.2 Å². The maximum atomic E-state index is 13.4. The molecule has 168 valence electrons. The summed E-state index contributed by atoms with van der Waals surface area (Å²) in [5, 5.41) is 7.63. The van der Waals surface area contributed by atoms with Crippen molar-refractivity contribution < 1.29 is 22.8 Å². The molecule has 32 heavy (non-hydrogen) atoms. The first kappa shape index (κ1) is 24.4. The van der Waals surface area contributed by atoms with E-state index in [1.54, 1.807) is 36.6 Å². The Hall–Kier alpha value is -2.20. The monoisotopic (exact) mass is 508 g/mol. The third kappa shape index (κ3) is 5.23. The SMILES string of the molecule is CSc1sc(C(=N)N)cc1S(=O)(=O)c1cccc(-c2c(C)cccc2C=CP(=O)(O)O)c1. The zero-order chi connectivity index (χ0) is 23.7. The van der Waals surface area contributed by atoms with E-state index in [2.05, 4.69) is 0 Å². The summed E-state index contributed by atoms with van der Waals surface area (Å²) in [6.07, 6.45) is 3.10. The minimum Gasteiger partial charge on any atom is -0.383 e. The molecule has 0 spiro atoms. The highest BCUT2D eigenvalue weighted by Gasteiger charge is 2.25. The van der Waals surface area contributed by atoms with Crippen LogP contribution in [0.4, 0.5) is 0 Å². The fourth-order valence-corrected chi connectivity index (χ4v) is 7.42. The van der Waals surface area contributed by atoms with Crippen molar-refractivity contribution in [2.24, 2.45) is 5.73 Å². The van der Waals surface area contributed by atoms with Gasteiger partial charge >= 0.3 is 7.60 Å². The summed E-state index contributed by atoms with van der Waals surface area (Å²) in [5.74, 6) is 0.632. The Morgan fingerprint density at radius 2 is 1.88 bits per heavy atom. The number of sulfone groups is 1.